The maximum Gasteiger partial charge on any atom is 0.145 e. The number of carbonyl (C=O) groups excluding carboxylic acids is 1. The molecule has 0 saturated heterocycles. The van der Waals surface area contributed by atoms with E-state index in [-0.39, 0.29) is 0 Å². The highest BCUT2D eigenvalue weighted by molar-refractivity contribution is 5.71. The lowest BCUT2D eigenvalue weighted by atomic mass is 9.63. The Morgan fingerprint density at radius 2 is 2.13 bits per heavy atom. The summed E-state index contributed by atoms with van der Waals surface area (Å²) in [6, 6.07) is 0. The van der Waals surface area contributed by atoms with Crippen LogP contribution in [-0.4, -0.2) is 6.29 Å². The Morgan fingerprint density at radius 1 is 1.47 bits per heavy atom. The lowest BCUT2D eigenvalue weighted by Crippen LogP contribution is -2.33. The number of hydrogen-bond acceptors (Lipinski definition) is 1. The molecule has 1 saturated carbocycles. The molecule has 0 aromatic carbocycles. The van der Waals surface area contributed by atoms with Crippen LogP contribution in [0.3, 0.4) is 0 Å². The van der Waals surface area contributed by atoms with E-state index in [9.17, 15) is 4.79 Å². The van der Waals surface area contributed by atoms with Gasteiger partial charge in [0.1, 0.15) is 6.29 Å². The Hall–Kier alpha value is -0.590. The molecule has 1 rings (SSSR count). The van der Waals surface area contributed by atoms with Gasteiger partial charge in [-0.1, -0.05) is 39.7 Å². The maximum absolute atomic E-state index is 10.6. The first-order valence-electron chi connectivity index (χ1n) is 6.09. The largest absolute Gasteiger partial charge is 0.298 e. The first-order chi connectivity index (χ1) is 6.97. The van der Waals surface area contributed by atoms with E-state index in [0.29, 0.717) is 5.41 Å². The van der Waals surface area contributed by atoms with E-state index >= 15 is 0 Å². The van der Waals surface area contributed by atoms with Crippen LogP contribution in [0.5, 0.6) is 0 Å². The molecule has 86 valence electrons. The third-order valence-electron chi connectivity index (χ3n) is 4.05. The summed E-state index contributed by atoms with van der Waals surface area (Å²) in [7, 11) is 0. The highest BCUT2D eigenvalue weighted by atomic mass is 16.1. The first-order valence-corrected chi connectivity index (χ1v) is 6.09. The summed E-state index contributed by atoms with van der Waals surface area (Å²) < 4.78 is 0. The highest BCUT2D eigenvalue weighted by Gasteiger charge is 2.35. The summed E-state index contributed by atoms with van der Waals surface area (Å²) in [5.41, 5.74) is 1.32. The summed E-state index contributed by atoms with van der Waals surface area (Å²) in [5, 5.41) is 0. The topological polar surface area (TPSA) is 17.1 Å². The zero-order valence-corrected chi connectivity index (χ0v) is 10.5. The Kier molecular flexibility index (Phi) is 4.12. The van der Waals surface area contributed by atoms with E-state index in [1.807, 2.05) is 6.92 Å². The quantitative estimate of drug-likeness (QED) is 0.506. The predicted molar refractivity (Wildman–Crippen MR) is 64.7 cm³/mol. The van der Waals surface area contributed by atoms with Crippen molar-refractivity contribution in [2.45, 2.75) is 53.4 Å². The van der Waals surface area contributed by atoms with Gasteiger partial charge >= 0.3 is 0 Å². The summed E-state index contributed by atoms with van der Waals surface area (Å²) in [5.74, 6) is 1.53. The van der Waals surface area contributed by atoms with Gasteiger partial charge in [0, 0.05) is 0 Å². The van der Waals surface area contributed by atoms with Crippen LogP contribution < -0.4 is 0 Å². The van der Waals surface area contributed by atoms with Gasteiger partial charge in [0.15, 0.2) is 0 Å². The average molecular weight is 208 g/mol. The molecule has 1 aliphatic rings. The van der Waals surface area contributed by atoms with E-state index in [0.717, 1.165) is 30.1 Å². The second-order valence-corrected chi connectivity index (χ2v) is 5.77. The van der Waals surface area contributed by atoms with Gasteiger partial charge in [0.05, 0.1) is 0 Å². The summed E-state index contributed by atoms with van der Waals surface area (Å²) in [6.07, 6.45) is 8.18. The van der Waals surface area contributed by atoms with Gasteiger partial charge in [-0.15, -0.1) is 0 Å². The third-order valence-corrected chi connectivity index (χ3v) is 4.05. The molecule has 1 aliphatic carbocycles. The monoisotopic (exact) mass is 208 g/mol. The molecule has 0 amide bonds. The number of carbonyl (C=O) groups is 1. The number of hydrogen-bond donors (Lipinski definition) is 0. The molecule has 2 unspecified atom stereocenters. The van der Waals surface area contributed by atoms with Crippen molar-refractivity contribution in [3.8, 4) is 0 Å². The van der Waals surface area contributed by atoms with Crippen molar-refractivity contribution in [1.82, 2.24) is 0 Å². The van der Waals surface area contributed by atoms with Crippen LogP contribution in [0.1, 0.15) is 53.4 Å². The van der Waals surface area contributed by atoms with Crippen LogP contribution in [0.15, 0.2) is 11.6 Å². The minimum absolute atomic E-state index is 0.442. The Morgan fingerprint density at radius 3 is 2.67 bits per heavy atom. The Labute approximate surface area is 93.9 Å². The van der Waals surface area contributed by atoms with Crippen molar-refractivity contribution < 1.29 is 4.79 Å². The van der Waals surface area contributed by atoms with Gasteiger partial charge in [-0.05, 0) is 42.6 Å². The lowest BCUT2D eigenvalue weighted by molar-refractivity contribution is -0.104. The van der Waals surface area contributed by atoms with Crippen LogP contribution in [0, 0.1) is 17.3 Å². The van der Waals surface area contributed by atoms with Gasteiger partial charge < -0.3 is 0 Å². The van der Waals surface area contributed by atoms with Gasteiger partial charge in [-0.2, -0.15) is 0 Å². The third kappa shape index (κ3) is 3.19. The molecular weight excluding hydrogens is 184 g/mol. The second-order valence-electron chi connectivity index (χ2n) is 5.77. The smallest absolute Gasteiger partial charge is 0.145 e. The number of aldehydes is 1. The first kappa shape index (κ1) is 12.5. The molecule has 1 heteroatoms. The van der Waals surface area contributed by atoms with Gasteiger partial charge in [0.25, 0.3) is 0 Å². The molecule has 1 fully saturated rings. The van der Waals surface area contributed by atoms with Crippen molar-refractivity contribution in [1.29, 1.82) is 0 Å². The number of allylic oxidation sites excluding steroid dienone is 2. The summed E-state index contributed by atoms with van der Waals surface area (Å²) in [4.78, 5) is 10.6. The summed E-state index contributed by atoms with van der Waals surface area (Å²) in [6.45, 7) is 9.00. The molecule has 0 spiro atoms. The van der Waals surface area contributed by atoms with Gasteiger partial charge in [0.2, 0.25) is 0 Å². The van der Waals surface area contributed by atoms with Crippen LogP contribution >= 0.6 is 0 Å². The molecule has 15 heavy (non-hydrogen) atoms. The normalized spacial score (nSPS) is 31.3. The molecular formula is C14H24O. The Bertz CT molecular complexity index is 250. The van der Waals surface area contributed by atoms with E-state index in [4.69, 9.17) is 0 Å². The summed E-state index contributed by atoms with van der Waals surface area (Å²) >= 11 is 0. The minimum atomic E-state index is 0.442. The van der Waals surface area contributed by atoms with E-state index in [2.05, 4.69) is 26.8 Å². The van der Waals surface area contributed by atoms with E-state index in [1.54, 1.807) is 0 Å². The molecule has 0 heterocycles. The van der Waals surface area contributed by atoms with Crippen molar-refractivity contribution in [2.24, 2.45) is 17.3 Å². The van der Waals surface area contributed by atoms with Crippen molar-refractivity contribution in [2.75, 3.05) is 0 Å². The highest BCUT2D eigenvalue weighted by Crippen LogP contribution is 2.45. The predicted octanol–water partition coefficient (Wildman–Crippen LogP) is 3.98. The molecule has 0 aromatic heterocycles. The van der Waals surface area contributed by atoms with Crippen molar-refractivity contribution >= 4 is 6.29 Å². The standard InChI is InChI=1S/C14H24O/c1-11(10-15)7-8-13-12(2)6-5-9-14(13,3)4/h7,10,12-13H,5-6,8-9H2,1-4H3. The van der Waals surface area contributed by atoms with Gasteiger partial charge in [-0.25, -0.2) is 0 Å². The molecule has 0 aromatic rings. The Balaban J connectivity index is 2.67. The maximum atomic E-state index is 10.6. The van der Waals surface area contributed by atoms with Crippen molar-refractivity contribution in [3.05, 3.63) is 11.6 Å². The van der Waals surface area contributed by atoms with Crippen molar-refractivity contribution in [3.63, 3.8) is 0 Å². The van der Waals surface area contributed by atoms with Crippen LogP contribution in [0.2, 0.25) is 0 Å². The molecule has 1 nitrogen and oxygen atoms in total. The zero-order valence-electron chi connectivity index (χ0n) is 10.5. The van der Waals surface area contributed by atoms with E-state index < -0.39 is 0 Å². The zero-order chi connectivity index (χ0) is 11.5. The minimum Gasteiger partial charge on any atom is -0.298 e. The fourth-order valence-electron chi connectivity index (χ4n) is 2.95. The molecule has 0 N–H and O–H groups in total. The van der Waals surface area contributed by atoms with Crippen LogP contribution in [-0.2, 0) is 4.79 Å². The lowest BCUT2D eigenvalue weighted by Gasteiger charge is -2.42. The second kappa shape index (κ2) is 4.96. The van der Waals surface area contributed by atoms with E-state index in [1.165, 1.54) is 19.3 Å². The molecule has 0 aliphatic heterocycles. The molecule has 0 radical (unpaired) electrons. The fourth-order valence-corrected chi connectivity index (χ4v) is 2.95. The van der Waals surface area contributed by atoms with Gasteiger partial charge in [-0.3, -0.25) is 4.79 Å². The SMILES string of the molecule is CC(C=O)=CCC1C(C)CCCC1(C)C. The number of rotatable bonds is 3. The molecule has 0 bridgehead atoms. The van der Waals surface area contributed by atoms with Crippen LogP contribution in [0.25, 0.3) is 0 Å². The van der Waals surface area contributed by atoms with Crippen LogP contribution in [0.4, 0.5) is 0 Å². The average Bonchev–Trinajstić information content (AvgIpc) is 2.15. The molecule has 2 atom stereocenters. The fraction of sp³-hybridized carbons (Fsp3) is 0.786.